The van der Waals surface area contributed by atoms with Crippen LogP contribution < -0.4 is 0 Å². The van der Waals surface area contributed by atoms with Gasteiger partial charge in [-0.3, -0.25) is 9.69 Å². The van der Waals surface area contributed by atoms with Crippen LogP contribution in [0.5, 0.6) is 0 Å². The number of ether oxygens (including phenoxy) is 2. The number of carbonyl (C=O) groups is 2. The molecule has 166 valence electrons. The smallest absolute Gasteiger partial charge is 0.336 e. The summed E-state index contributed by atoms with van der Waals surface area (Å²) in [6.07, 6.45) is 1.89. The molecule has 2 aliphatic rings. The molecule has 0 spiro atoms. The summed E-state index contributed by atoms with van der Waals surface area (Å²) in [5.74, 6) is -1.43. The summed E-state index contributed by atoms with van der Waals surface area (Å²) in [4.78, 5) is 26.9. The molecule has 0 aromatic heterocycles. The zero-order chi connectivity index (χ0) is 21.3. The number of nitrogens with zero attached hydrogens (tertiary/aromatic N) is 1. The molecule has 0 aliphatic carbocycles. The van der Waals surface area contributed by atoms with Crippen molar-refractivity contribution in [2.24, 2.45) is 5.92 Å². The van der Waals surface area contributed by atoms with Crippen molar-refractivity contribution in [1.29, 1.82) is 0 Å². The second kappa shape index (κ2) is 9.60. The van der Waals surface area contributed by atoms with Gasteiger partial charge in [0, 0.05) is 18.5 Å². The van der Waals surface area contributed by atoms with Gasteiger partial charge in [-0.2, -0.15) is 0 Å². The molecule has 2 saturated heterocycles. The highest BCUT2D eigenvalue weighted by Gasteiger charge is 2.52. The Morgan fingerprint density at radius 2 is 1.55 bits per heavy atom. The number of rotatable bonds is 5. The van der Waals surface area contributed by atoms with Crippen LogP contribution in [0.2, 0.25) is 0 Å². The summed E-state index contributed by atoms with van der Waals surface area (Å²) >= 11 is 7.04. The van der Waals surface area contributed by atoms with Gasteiger partial charge < -0.3 is 9.47 Å². The lowest BCUT2D eigenvalue weighted by Gasteiger charge is -2.41. The predicted octanol–water partition coefficient (Wildman–Crippen LogP) is 4.16. The second-order valence-corrected chi connectivity index (χ2v) is 8.65. The monoisotopic (exact) mass is 463 g/mol. The van der Waals surface area contributed by atoms with Gasteiger partial charge in [0.05, 0.1) is 7.11 Å². The van der Waals surface area contributed by atoms with Crippen LogP contribution in [0.25, 0.3) is 0 Å². The van der Waals surface area contributed by atoms with Crippen LogP contribution in [0.4, 0.5) is 0 Å². The van der Waals surface area contributed by atoms with Gasteiger partial charge in [0.1, 0.15) is 12.0 Å². The molecule has 5 nitrogen and oxygen atoms in total. The first-order valence-electron chi connectivity index (χ1n) is 10.3. The molecule has 2 aliphatic heterocycles. The van der Waals surface area contributed by atoms with E-state index >= 15 is 0 Å². The van der Waals surface area contributed by atoms with Crippen molar-refractivity contribution >= 4 is 35.9 Å². The highest BCUT2D eigenvalue weighted by molar-refractivity contribution is 6.36. The fourth-order valence-electron chi connectivity index (χ4n) is 4.94. The zero-order valence-corrected chi connectivity index (χ0v) is 19.1. The van der Waals surface area contributed by atoms with Crippen LogP contribution in [0.3, 0.4) is 0 Å². The van der Waals surface area contributed by atoms with Crippen LogP contribution in [0.1, 0.15) is 30.4 Å². The maximum absolute atomic E-state index is 13.6. The molecule has 2 aromatic rings. The number of alkyl halides is 1. The SMILES string of the molecule is COC(=O)C1C(OC(=O)C(Cl)(c2ccccc2)c2ccccc2)CC2CCC1N2C.Cl. The van der Waals surface area contributed by atoms with E-state index in [2.05, 4.69) is 4.90 Å². The van der Waals surface area contributed by atoms with E-state index in [-0.39, 0.29) is 30.5 Å². The number of hydrogen-bond acceptors (Lipinski definition) is 5. The molecular weight excluding hydrogens is 437 g/mol. The van der Waals surface area contributed by atoms with Gasteiger partial charge in [0.25, 0.3) is 0 Å². The number of carbonyl (C=O) groups excluding carboxylic acids is 2. The number of piperidine rings is 1. The van der Waals surface area contributed by atoms with Crippen molar-refractivity contribution in [2.75, 3.05) is 14.2 Å². The first kappa shape index (κ1) is 23.6. The first-order chi connectivity index (χ1) is 14.5. The summed E-state index contributed by atoms with van der Waals surface area (Å²) in [6.45, 7) is 0. The number of hydrogen-bond donors (Lipinski definition) is 0. The second-order valence-electron chi connectivity index (χ2n) is 8.08. The van der Waals surface area contributed by atoms with Crippen LogP contribution in [0, 0.1) is 5.92 Å². The number of benzene rings is 2. The van der Waals surface area contributed by atoms with Crippen LogP contribution in [-0.2, 0) is 23.9 Å². The van der Waals surface area contributed by atoms with E-state index in [1.807, 2.05) is 67.7 Å². The van der Waals surface area contributed by atoms with Gasteiger partial charge >= 0.3 is 11.9 Å². The predicted molar refractivity (Wildman–Crippen MR) is 121 cm³/mol. The molecule has 2 bridgehead atoms. The Labute approximate surface area is 194 Å². The van der Waals surface area contributed by atoms with Crippen LogP contribution >= 0.6 is 24.0 Å². The van der Waals surface area contributed by atoms with Gasteiger partial charge in [-0.15, -0.1) is 12.4 Å². The van der Waals surface area contributed by atoms with E-state index < -0.39 is 22.9 Å². The highest BCUT2D eigenvalue weighted by atomic mass is 35.5. The van der Waals surface area contributed by atoms with E-state index in [1.54, 1.807) is 0 Å². The van der Waals surface area contributed by atoms with Crippen molar-refractivity contribution < 1.29 is 19.1 Å². The summed E-state index contributed by atoms with van der Waals surface area (Å²) < 4.78 is 11.1. The molecule has 0 N–H and O–H groups in total. The number of esters is 2. The minimum absolute atomic E-state index is 0. The molecule has 4 rings (SSSR count). The van der Waals surface area contributed by atoms with Gasteiger partial charge in [0.15, 0.2) is 4.87 Å². The lowest BCUT2D eigenvalue weighted by Crippen LogP contribution is -2.54. The average molecular weight is 464 g/mol. The molecule has 2 heterocycles. The quantitative estimate of drug-likeness (QED) is 0.492. The lowest BCUT2D eigenvalue weighted by atomic mass is 9.86. The van der Waals surface area contributed by atoms with E-state index in [0.717, 1.165) is 12.8 Å². The standard InChI is InChI=1S/C24H26ClNO4.ClH/c1-26-18-13-14-19(26)21(22(27)29-2)20(15-18)30-23(28)24(25,16-9-5-3-6-10-16)17-11-7-4-8-12-17;/h3-12,18-21H,13-15H2,1-2H3;1H. The number of methoxy groups -OCH3 is 1. The van der Waals surface area contributed by atoms with Gasteiger partial charge in [-0.1, -0.05) is 72.3 Å². The van der Waals surface area contributed by atoms with Crippen molar-refractivity contribution in [3.8, 4) is 0 Å². The molecule has 0 radical (unpaired) electrons. The molecule has 4 unspecified atom stereocenters. The minimum Gasteiger partial charge on any atom is -0.469 e. The summed E-state index contributed by atoms with van der Waals surface area (Å²) in [6, 6.07) is 18.7. The van der Waals surface area contributed by atoms with Gasteiger partial charge in [-0.05, 0) is 31.0 Å². The zero-order valence-electron chi connectivity index (χ0n) is 17.6. The largest absolute Gasteiger partial charge is 0.469 e. The molecule has 7 heteroatoms. The first-order valence-corrected chi connectivity index (χ1v) is 10.7. The minimum atomic E-state index is -1.49. The van der Waals surface area contributed by atoms with Gasteiger partial charge in [-0.25, -0.2) is 4.79 Å². The molecule has 4 atom stereocenters. The van der Waals surface area contributed by atoms with E-state index in [9.17, 15) is 9.59 Å². The summed E-state index contributed by atoms with van der Waals surface area (Å²) in [5.41, 5.74) is 1.27. The normalized spacial score (nSPS) is 25.4. The Balaban J connectivity index is 0.00000272. The van der Waals surface area contributed by atoms with Crippen molar-refractivity contribution in [1.82, 2.24) is 4.90 Å². The molecule has 2 aromatic carbocycles. The Bertz CT molecular complexity index is 869. The van der Waals surface area contributed by atoms with Gasteiger partial charge in [0.2, 0.25) is 0 Å². The average Bonchev–Trinajstić information content (AvgIpc) is 3.02. The third kappa shape index (κ3) is 4.19. The maximum Gasteiger partial charge on any atom is 0.336 e. The van der Waals surface area contributed by atoms with Crippen LogP contribution in [0.15, 0.2) is 60.7 Å². The third-order valence-corrected chi connectivity index (χ3v) is 7.16. The number of halogens is 2. The Morgan fingerprint density at radius 3 is 2.06 bits per heavy atom. The summed E-state index contributed by atoms with van der Waals surface area (Å²) in [7, 11) is 3.40. The highest BCUT2D eigenvalue weighted by Crippen LogP contribution is 2.43. The maximum atomic E-state index is 13.6. The third-order valence-electron chi connectivity index (χ3n) is 6.57. The summed E-state index contributed by atoms with van der Waals surface area (Å²) in [5, 5.41) is 0. The van der Waals surface area contributed by atoms with E-state index in [4.69, 9.17) is 21.1 Å². The van der Waals surface area contributed by atoms with Crippen LogP contribution in [-0.4, -0.2) is 49.2 Å². The fraction of sp³-hybridized carbons (Fsp3) is 0.417. The van der Waals surface area contributed by atoms with Crippen molar-refractivity contribution in [3.63, 3.8) is 0 Å². The molecular formula is C24H27Cl2NO4. The van der Waals surface area contributed by atoms with Crippen molar-refractivity contribution in [3.05, 3.63) is 71.8 Å². The lowest BCUT2D eigenvalue weighted by molar-refractivity contribution is -0.169. The van der Waals surface area contributed by atoms with E-state index in [1.165, 1.54) is 7.11 Å². The van der Waals surface area contributed by atoms with Crippen molar-refractivity contribution in [2.45, 2.75) is 42.3 Å². The molecule has 0 saturated carbocycles. The Hall–Kier alpha value is -2.08. The topological polar surface area (TPSA) is 55.8 Å². The fourth-order valence-corrected chi connectivity index (χ4v) is 5.24. The molecule has 31 heavy (non-hydrogen) atoms. The molecule has 0 amide bonds. The Morgan fingerprint density at radius 1 is 1.00 bits per heavy atom. The Kier molecular flexibility index (Phi) is 7.30. The molecule has 2 fully saturated rings. The number of fused-ring (bicyclic) bond motifs is 2. The van der Waals surface area contributed by atoms with E-state index in [0.29, 0.717) is 17.5 Å².